The Bertz CT molecular complexity index is 394. The number of rotatable bonds is 2. The molecule has 0 aliphatic carbocycles. The van der Waals surface area contributed by atoms with Gasteiger partial charge in [0.05, 0.1) is 0 Å². The molecule has 0 aliphatic heterocycles. The topological polar surface area (TPSA) is 12.0 Å². The fourth-order valence-electron chi connectivity index (χ4n) is 2.04. The van der Waals surface area contributed by atoms with Gasteiger partial charge in [-0.05, 0) is 12.1 Å². The molecule has 1 N–H and O–H groups in total. The lowest BCUT2D eigenvalue weighted by Gasteiger charge is -2.45. The van der Waals surface area contributed by atoms with E-state index in [1.807, 2.05) is 18.2 Å². The summed E-state index contributed by atoms with van der Waals surface area (Å²) in [6.07, 6.45) is -1.73. The minimum atomic E-state index is -1.73. The largest absolute Gasteiger partial charge is 0.357 e. The van der Waals surface area contributed by atoms with Gasteiger partial charge in [-0.25, -0.2) is 0 Å². The first-order valence-electron chi connectivity index (χ1n) is 6.01. The minimum absolute atomic E-state index is 0.108. The minimum Gasteiger partial charge on any atom is -0.357 e. The van der Waals surface area contributed by atoms with Crippen molar-refractivity contribution in [2.75, 3.05) is 5.09 Å². The molecule has 0 bridgehead atoms. The SMILES string of the molecule is CC(C)(C)P(=S)(Nc1ccccc1)C(C)(C)C. The summed E-state index contributed by atoms with van der Waals surface area (Å²) in [5, 5.41) is 3.88. The molecule has 0 unspecified atom stereocenters. The van der Waals surface area contributed by atoms with Crippen molar-refractivity contribution in [3.05, 3.63) is 30.3 Å². The van der Waals surface area contributed by atoms with Crippen LogP contribution in [0.25, 0.3) is 0 Å². The highest BCUT2D eigenvalue weighted by Crippen LogP contribution is 2.66. The average Bonchev–Trinajstić information content (AvgIpc) is 2.15. The van der Waals surface area contributed by atoms with Gasteiger partial charge in [0.25, 0.3) is 0 Å². The van der Waals surface area contributed by atoms with Gasteiger partial charge in [0.15, 0.2) is 0 Å². The molecule has 0 heterocycles. The third-order valence-corrected chi connectivity index (χ3v) is 10.9. The van der Waals surface area contributed by atoms with Crippen LogP contribution in [0.1, 0.15) is 41.5 Å². The van der Waals surface area contributed by atoms with Gasteiger partial charge in [0.2, 0.25) is 0 Å². The van der Waals surface area contributed by atoms with Gasteiger partial charge in [-0.15, -0.1) is 0 Å². The van der Waals surface area contributed by atoms with Crippen molar-refractivity contribution in [2.24, 2.45) is 0 Å². The Morgan fingerprint density at radius 1 is 0.882 bits per heavy atom. The van der Waals surface area contributed by atoms with Crippen LogP contribution in [0.3, 0.4) is 0 Å². The maximum atomic E-state index is 6.06. The van der Waals surface area contributed by atoms with Crippen LogP contribution in [0.2, 0.25) is 0 Å². The lowest BCUT2D eigenvalue weighted by atomic mass is 10.2. The van der Waals surface area contributed by atoms with E-state index in [0.29, 0.717) is 0 Å². The number of nitrogens with one attached hydrogen (secondary N) is 1. The monoisotopic (exact) mass is 269 g/mol. The quantitative estimate of drug-likeness (QED) is 0.750. The molecule has 1 rings (SSSR count). The number of benzene rings is 1. The van der Waals surface area contributed by atoms with Gasteiger partial charge >= 0.3 is 0 Å². The van der Waals surface area contributed by atoms with E-state index >= 15 is 0 Å². The summed E-state index contributed by atoms with van der Waals surface area (Å²) in [6, 6.07) is 10.3. The van der Waals surface area contributed by atoms with E-state index < -0.39 is 6.19 Å². The van der Waals surface area contributed by atoms with Gasteiger partial charge in [-0.1, -0.05) is 71.5 Å². The van der Waals surface area contributed by atoms with E-state index in [2.05, 4.69) is 58.8 Å². The molecule has 17 heavy (non-hydrogen) atoms. The molecule has 0 spiro atoms. The fraction of sp³-hybridized carbons (Fsp3) is 0.571. The molecule has 1 aromatic rings. The van der Waals surface area contributed by atoms with Crippen LogP contribution >= 0.6 is 6.19 Å². The highest BCUT2D eigenvalue weighted by molar-refractivity contribution is 8.16. The van der Waals surface area contributed by atoms with Crippen molar-refractivity contribution in [2.45, 2.75) is 51.9 Å². The summed E-state index contributed by atoms with van der Waals surface area (Å²) in [6.45, 7) is 13.5. The van der Waals surface area contributed by atoms with Gasteiger partial charge in [0, 0.05) is 22.2 Å². The van der Waals surface area contributed by atoms with Crippen molar-refractivity contribution in [1.82, 2.24) is 0 Å². The van der Waals surface area contributed by atoms with Gasteiger partial charge < -0.3 is 5.09 Å². The van der Waals surface area contributed by atoms with Crippen molar-refractivity contribution in [3.63, 3.8) is 0 Å². The predicted octanol–water partition coefficient (Wildman–Crippen LogP) is 5.09. The summed E-state index contributed by atoms with van der Waals surface area (Å²) in [4.78, 5) is 0. The van der Waals surface area contributed by atoms with Gasteiger partial charge in [-0.3, -0.25) is 0 Å². The molecule has 0 amide bonds. The zero-order valence-electron chi connectivity index (χ0n) is 11.7. The Morgan fingerprint density at radius 3 is 1.65 bits per heavy atom. The normalized spacial score (nSPS) is 13.5. The molecule has 1 nitrogen and oxygen atoms in total. The van der Waals surface area contributed by atoms with E-state index in [1.165, 1.54) is 0 Å². The highest BCUT2D eigenvalue weighted by atomic mass is 32.4. The maximum absolute atomic E-state index is 6.06. The summed E-state index contributed by atoms with van der Waals surface area (Å²) in [5.41, 5.74) is 1.14. The van der Waals surface area contributed by atoms with Crippen LogP contribution in [0.15, 0.2) is 30.3 Å². The summed E-state index contributed by atoms with van der Waals surface area (Å²) < 4.78 is 0. The molecule has 0 radical (unpaired) electrons. The first-order valence-corrected chi connectivity index (χ1v) is 8.82. The van der Waals surface area contributed by atoms with E-state index in [9.17, 15) is 0 Å². The number of hydrogen-bond donors (Lipinski definition) is 1. The second-order valence-corrected chi connectivity index (χ2v) is 12.2. The standard InChI is InChI=1S/C14H24NPS/c1-13(2,3)16(17,14(4,5)6)15-12-10-8-7-9-11-12/h7-11H,1-6H3,(H,15,17). The molecule has 3 heteroatoms. The molecule has 1 aromatic carbocycles. The zero-order chi connectivity index (χ0) is 13.3. The lowest BCUT2D eigenvalue weighted by Crippen LogP contribution is -2.32. The first kappa shape index (κ1) is 14.7. The second-order valence-electron chi connectivity index (χ2n) is 6.43. The maximum Gasteiger partial charge on any atom is 0.0443 e. The van der Waals surface area contributed by atoms with Crippen LogP contribution in [0.5, 0.6) is 0 Å². The molecule has 0 saturated heterocycles. The zero-order valence-corrected chi connectivity index (χ0v) is 13.5. The van der Waals surface area contributed by atoms with Crippen LogP contribution < -0.4 is 5.09 Å². The summed E-state index contributed by atoms with van der Waals surface area (Å²) >= 11 is 6.06. The molecule has 0 aliphatic rings. The fourth-order valence-corrected chi connectivity index (χ4v) is 5.55. The molecule has 0 atom stereocenters. The number of para-hydroxylation sites is 1. The van der Waals surface area contributed by atoms with Crippen LogP contribution in [-0.4, -0.2) is 10.3 Å². The Kier molecular flexibility index (Phi) is 4.11. The average molecular weight is 269 g/mol. The van der Waals surface area contributed by atoms with Gasteiger partial charge in [-0.2, -0.15) is 0 Å². The van der Waals surface area contributed by atoms with E-state index in [-0.39, 0.29) is 10.3 Å². The molecular weight excluding hydrogens is 245 g/mol. The number of hydrogen-bond acceptors (Lipinski definition) is 1. The molecule has 0 aromatic heterocycles. The summed E-state index contributed by atoms with van der Waals surface area (Å²) in [7, 11) is 0. The molecule has 0 saturated carbocycles. The van der Waals surface area contributed by atoms with Crippen molar-refractivity contribution in [3.8, 4) is 0 Å². The van der Waals surface area contributed by atoms with Crippen molar-refractivity contribution in [1.29, 1.82) is 0 Å². The van der Waals surface area contributed by atoms with Crippen LogP contribution in [0, 0.1) is 0 Å². The molecular formula is C14H24NPS. The predicted molar refractivity (Wildman–Crippen MR) is 83.9 cm³/mol. The third kappa shape index (κ3) is 3.11. The highest BCUT2D eigenvalue weighted by Gasteiger charge is 2.41. The van der Waals surface area contributed by atoms with E-state index in [1.54, 1.807) is 0 Å². The van der Waals surface area contributed by atoms with Crippen LogP contribution in [0.4, 0.5) is 5.69 Å². The Labute approximate surface area is 111 Å². The smallest absolute Gasteiger partial charge is 0.0443 e. The molecule has 96 valence electrons. The van der Waals surface area contributed by atoms with Crippen molar-refractivity contribution >= 4 is 23.7 Å². The Balaban J connectivity index is 3.16. The second kappa shape index (κ2) is 4.74. The third-order valence-electron chi connectivity index (χ3n) is 2.95. The van der Waals surface area contributed by atoms with Crippen molar-refractivity contribution < 1.29 is 0 Å². The van der Waals surface area contributed by atoms with Crippen LogP contribution in [-0.2, 0) is 11.8 Å². The van der Waals surface area contributed by atoms with E-state index in [4.69, 9.17) is 11.8 Å². The Hall–Kier alpha value is -0.330. The summed E-state index contributed by atoms with van der Waals surface area (Å²) in [5.74, 6) is 0. The lowest BCUT2D eigenvalue weighted by molar-refractivity contribution is 0.708. The van der Waals surface area contributed by atoms with Gasteiger partial charge in [0.1, 0.15) is 0 Å². The van der Waals surface area contributed by atoms with E-state index in [0.717, 1.165) is 5.69 Å². The first-order chi connectivity index (χ1) is 7.58. The Morgan fingerprint density at radius 2 is 1.29 bits per heavy atom. The number of anilines is 1. The molecule has 0 fully saturated rings.